The Labute approximate surface area is 92.5 Å². The summed E-state index contributed by atoms with van der Waals surface area (Å²) in [4.78, 5) is 0. The molecule has 1 nitrogen and oxygen atoms in total. The third-order valence-electron chi connectivity index (χ3n) is 2.69. The summed E-state index contributed by atoms with van der Waals surface area (Å²) < 4.78 is 0. The molecule has 1 rings (SSSR count). The zero-order valence-electron chi connectivity index (χ0n) is 9.83. The highest BCUT2D eigenvalue weighted by atomic mass is 16.3. The van der Waals surface area contributed by atoms with Crippen molar-refractivity contribution in [3.05, 3.63) is 48.0 Å². The lowest BCUT2D eigenvalue weighted by atomic mass is 9.85. The third kappa shape index (κ3) is 2.93. The van der Waals surface area contributed by atoms with E-state index in [1.54, 1.807) is 6.08 Å². The summed E-state index contributed by atoms with van der Waals surface area (Å²) in [6.07, 6.45) is 1.78. The molecule has 1 aromatic carbocycles. The van der Waals surface area contributed by atoms with Crippen molar-refractivity contribution in [3.63, 3.8) is 0 Å². The maximum atomic E-state index is 9.14. The van der Waals surface area contributed by atoms with Crippen LogP contribution in [0.15, 0.2) is 36.9 Å². The van der Waals surface area contributed by atoms with Crippen molar-refractivity contribution in [2.45, 2.75) is 32.1 Å². The van der Waals surface area contributed by atoms with E-state index in [0.717, 1.165) is 5.56 Å². The first-order chi connectivity index (χ1) is 6.99. The number of hydrogen-bond donors (Lipinski definition) is 1. The number of aliphatic hydroxyl groups is 1. The monoisotopic (exact) mass is 204 g/mol. The predicted molar refractivity (Wildman–Crippen MR) is 65.2 cm³/mol. The molecule has 1 N–H and O–H groups in total. The van der Waals surface area contributed by atoms with Crippen LogP contribution in [0.3, 0.4) is 0 Å². The second-order valence-corrected chi connectivity index (χ2v) is 4.90. The number of hydrogen-bond acceptors (Lipinski definition) is 1. The van der Waals surface area contributed by atoms with E-state index < -0.39 is 0 Å². The zero-order chi connectivity index (χ0) is 11.5. The minimum Gasteiger partial charge on any atom is -0.395 e. The van der Waals surface area contributed by atoms with Gasteiger partial charge in [-0.2, -0.15) is 0 Å². The molecule has 0 amide bonds. The number of aliphatic hydroxyl groups excluding tert-OH is 1. The van der Waals surface area contributed by atoms with Gasteiger partial charge in [0.05, 0.1) is 6.61 Å². The Morgan fingerprint density at radius 2 is 1.80 bits per heavy atom. The molecule has 82 valence electrons. The molecule has 0 aromatic heterocycles. The fraction of sp³-hybridized carbons (Fsp3) is 0.429. The van der Waals surface area contributed by atoms with Crippen molar-refractivity contribution >= 4 is 0 Å². The maximum absolute atomic E-state index is 9.14. The molecular weight excluding hydrogens is 184 g/mol. The van der Waals surface area contributed by atoms with Gasteiger partial charge in [0.15, 0.2) is 0 Å². The lowest BCUT2D eigenvalue weighted by Gasteiger charge is -2.20. The van der Waals surface area contributed by atoms with Crippen LogP contribution in [0.5, 0.6) is 0 Å². The first kappa shape index (κ1) is 12.0. The van der Waals surface area contributed by atoms with E-state index in [9.17, 15) is 0 Å². The second-order valence-electron chi connectivity index (χ2n) is 4.90. The molecule has 0 aliphatic carbocycles. The summed E-state index contributed by atoms with van der Waals surface area (Å²) >= 11 is 0. The van der Waals surface area contributed by atoms with E-state index in [-0.39, 0.29) is 17.9 Å². The Hall–Kier alpha value is -1.08. The van der Waals surface area contributed by atoms with Crippen molar-refractivity contribution < 1.29 is 5.11 Å². The maximum Gasteiger partial charge on any atom is 0.0534 e. The van der Waals surface area contributed by atoms with Crippen LogP contribution in [0.1, 0.15) is 37.8 Å². The molecule has 0 spiro atoms. The van der Waals surface area contributed by atoms with Gasteiger partial charge in [-0.15, -0.1) is 6.58 Å². The molecule has 0 unspecified atom stereocenters. The number of benzene rings is 1. The van der Waals surface area contributed by atoms with Crippen molar-refractivity contribution in [2.75, 3.05) is 6.61 Å². The van der Waals surface area contributed by atoms with Crippen molar-refractivity contribution in [1.29, 1.82) is 0 Å². The largest absolute Gasteiger partial charge is 0.395 e. The first-order valence-corrected chi connectivity index (χ1v) is 5.33. The van der Waals surface area contributed by atoms with Crippen LogP contribution in [0, 0.1) is 0 Å². The molecule has 1 atom stereocenters. The molecule has 0 radical (unpaired) electrons. The Morgan fingerprint density at radius 1 is 1.27 bits per heavy atom. The van der Waals surface area contributed by atoms with Crippen molar-refractivity contribution in [1.82, 2.24) is 0 Å². The SMILES string of the molecule is C=C[C@H](CO)c1ccc(C(C)(C)C)cc1. The smallest absolute Gasteiger partial charge is 0.0534 e. The van der Waals surface area contributed by atoms with Crippen LogP contribution >= 0.6 is 0 Å². The Kier molecular flexibility index (Phi) is 3.70. The summed E-state index contributed by atoms with van der Waals surface area (Å²) in [6.45, 7) is 10.4. The van der Waals surface area contributed by atoms with Crippen LogP contribution in [0.2, 0.25) is 0 Å². The van der Waals surface area contributed by atoms with E-state index in [1.807, 2.05) is 0 Å². The highest BCUT2D eigenvalue weighted by Gasteiger charge is 2.13. The molecular formula is C14H20O. The molecule has 0 bridgehead atoms. The summed E-state index contributed by atoms with van der Waals surface area (Å²) in [5, 5.41) is 9.14. The summed E-state index contributed by atoms with van der Waals surface area (Å²) in [5.41, 5.74) is 2.62. The molecule has 0 saturated carbocycles. The average Bonchev–Trinajstić information content (AvgIpc) is 2.19. The minimum absolute atomic E-state index is 0.0546. The average molecular weight is 204 g/mol. The van der Waals surface area contributed by atoms with Gasteiger partial charge in [-0.05, 0) is 16.5 Å². The highest BCUT2D eigenvalue weighted by Crippen LogP contribution is 2.24. The zero-order valence-corrected chi connectivity index (χ0v) is 9.83. The molecule has 15 heavy (non-hydrogen) atoms. The van der Waals surface area contributed by atoms with Crippen LogP contribution in [0.25, 0.3) is 0 Å². The molecule has 0 fully saturated rings. The van der Waals surface area contributed by atoms with Gasteiger partial charge in [0.2, 0.25) is 0 Å². The van der Waals surface area contributed by atoms with E-state index in [2.05, 4.69) is 51.6 Å². The van der Waals surface area contributed by atoms with Crippen LogP contribution in [0.4, 0.5) is 0 Å². The van der Waals surface area contributed by atoms with Gasteiger partial charge in [0.1, 0.15) is 0 Å². The van der Waals surface area contributed by atoms with Gasteiger partial charge in [-0.25, -0.2) is 0 Å². The number of rotatable bonds is 3. The second kappa shape index (κ2) is 4.63. The highest BCUT2D eigenvalue weighted by molar-refractivity contribution is 5.31. The first-order valence-electron chi connectivity index (χ1n) is 5.33. The summed E-state index contributed by atoms with van der Waals surface area (Å²) in [5.74, 6) is 0.0546. The Morgan fingerprint density at radius 3 is 2.13 bits per heavy atom. The van der Waals surface area contributed by atoms with E-state index in [4.69, 9.17) is 5.11 Å². The summed E-state index contributed by atoms with van der Waals surface area (Å²) in [7, 11) is 0. The Bertz CT molecular complexity index is 316. The lowest BCUT2D eigenvalue weighted by Crippen LogP contribution is -2.11. The fourth-order valence-electron chi connectivity index (χ4n) is 1.55. The molecule has 0 saturated heterocycles. The van der Waals surface area contributed by atoms with Gasteiger partial charge in [-0.3, -0.25) is 0 Å². The van der Waals surface area contributed by atoms with Gasteiger partial charge >= 0.3 is 0 Å². The fourth-order valence-corrected chi connectivity index (χ4v) is 1.55. The standard InChI is InChI=1S/C14H20O/c1-5-11(10-15)12-6-8-13(9-7-12)14(2,3)4/h5-9,11,15H,1,10H2,2-4H3/t11-/m1/s1. The van der Waals surface area contributed by atoms with E-state index in [1.165, 1.54) is 5.56 Å². The molecule has 1 heteroatoms. The third-order valence-corrected chi connectivity index (χ3v) is 2.69. The van der Waals surface area contributed by atoms with Gasteiger partial charge in [-0.1, -0.05) is 51.1 Å². The molecule has 0 heterocycles. The van der Waals surface area contributed by atoms with Crippen molar-refractivity contribution in [2.24, 2.45) is 0 Å². The van der Waals surface area contributed by atoms with Crippen LogP contribution in [-0.4, -0.2) is 11.7 Å². The Balaban J connectivity index is 2.94. The van der Waals surface area contributed by atoms with E-state index >= 15 is 0 Å². The van der Waals surface area contributed by atoms with Crippen LogP contribution in [-0.2, 0) is 5.41 Å². The van der Waals surface area contributed by atoms with Crippen molar-refractivity contribution in [3.8, 4) is 0 Å². The predicted octanol–water partition coefficient (Wildman–Crippen LogP) is 3.25. The minimum atomic E-state index is 0.0546. The summed E-state index contributed by atoms with van der Waals surface area (Å²) in [6, 6.07) is 8.40. The normalized spacial score (nSPS) is 13.6. The van der Waals surface area contributed by atoms with Gasteiger partial charge in [0, 0.05) is 5.92 Å². The van der Waals surface area contributed by atoms with E-state index in [0.29, 0.717) is 0 Å². The molecule has 0 aliphatic heterocycles. The van der Waals surface area contributed by atoms with Gasteiger partial charge < -0.3 is 5.11 Å². The molecule has 1 aromatic rings. The lowest BCUT2D eigenvalue weighted by molar-refractivity contribution is 0.283. The molecule has 0 aliphatic rings. The van der Waals surface area contributed by atoms with Gasteiger partial charge in [0.25, 0.3) is 0 Å². The quantitative estimate of drug-likeness (QED) is 0.749. The topological polar surface area (TPSA) is 20.2 Å². The van der Waals surface area contributed by atoms with Crippen LogP contribution < -0.4 is 0 Å².